The third kappa shape index (κ3) is 4.84. The fourth-order valence-corrected chi connectivity index (χ4v) is 1.92. The van der Waals surface area contributed by atoms with Gasteiger partial charge in [-0.25, -0.2) is 5.43 Å². The molecule has 0 aliphatic carbocycles. The molecular weight excluding hydrogens is 341 g/mol. The Morgan fingerprint density at radius 3 is 2.65 bits per heavy atom. The van der Waals surface area contributed by atoms with Crippen molar-refractivity contribution in [3.63, 3.8) is 0 Å². The highest BCUT2D eigenvalue weighted by atomic mass is 35.5. The zero-order valence-corrected chi connectivity index (χ0v) is 13.6. The summed E-state index contributed by atoms with van der Waals surface area (Å²) in [7, 11) is 0. The molecule has 2 aromatic rings. The summed E-state index contributed by atoms with van der Waals surface area (Å²) in [6.45, 7) is 1.49. The van der Waals surface area contributed by atoms with Crippen LogP contribution in [0.5, 0.6) is 0 Å². The van der Waals surface area contributed by atoms with Crippen molar-refractivity contribution in [3.8, 4) is 0 Å². The number of rotatable bonds is 5. The number of furan rings is 1. The molecule has 0 aliphatic rings. The van der Waals surface area contributed by atoms with Gasteiger partial charge in [-0.3, -0.25) is 9.59 Å². The molecule has 0 saturated heterocycles. The van der Waals surface area contributed by atoms with Gasteiger partial charge in [0.15, 0.2) is 5.76 Å². The highest BCUT2D eigenvalue weighted by molar-refractivity contribution is 6.42. The highest BCUT2D eigenvalue weighted by Gasteiger charge is 2.10. The van der Waals surface area contributed by atoms with Crippen LogP contribution in [0.15, 0.2) is 46.1 Å². The van der Waals surface area contributed by atoms with Crippen molar-refractivity contribution in [2.45, 2.75) is 6.92 Å². The van der Waals surface area contributed by atoms with Crippen molar-refractivity contribution in [2.24, 2.45) is 5.10 Å². The second kappa shape index (κ2) is 7.80. The number of nitrogens with zero attached hydrogens (tertiary/aromatic N) is 1. The molecule has 1 aromatic carbocycles. The first-order chi connectivity index (χ1) is 11.0. The zero-order chi connectivity index (χ0) is 16.8. The number of halogens is 2. The van der Waals surface area contributed by atoms with E-state index in [2.05, 4.69) is 15.8 Å². The topological polar surface area (TPSA) is 83.7 Å². The predicted molar refractivity (Wildman–Crippen MR) is 87.9 cm³/mol. The first-order valence-electron chi connectivity index (χ1n) is 6.57. The van der Waals surface area contributed by atoms with Gasteiger partial charge in [0.1, 0.15) is 0 Å². The second-order valence-corrected chi connectivity index (χ2v) is 5.34. The van der Waals surface area contributed by atoms with Crippen molar-refractivity contribution in [3.05, 3.63) is 58.0 Å². The molecule has 0 radical (unpaired) electrons. The van der Waals surface area contributed by atoms with Crippen LogP contribution >= 0.6 is 23.2 Å². The Labute approximate surface area is 142 Å². The van der Waals surface area contributed by atoms with Crippen LogP contribution in [-0.4, -0.2) is 24.1 Å². The summed E-state index contributed by atoms with van der Waals surface area (Å²) in [5.41, 5.74) is 3.62. The van der Waals surface area contributed by atoms with Crippen LogP contribution < -0.4 is 10.7 Å². The second-order valence-electron chi connectivity index (χ2n) is 4.52. The molecule has 6 nitrogen and oxygen atoms in total. The van der Waals surface area contributed by atoms with Gasteiger partial charge in [-0.1, -0.05) is 29.3 Å². The van der Waals surface area contributed by atoms with Crippen molar-refractivity contribution in [1.82, 2.24) is 10.7 Å². The van der Waals surface area contributed by atoms with Crippen molar-refractivity contribution < 1.29 is 14.0 Å². The molecule has 0 bridgehead atoms. The molecule has 2 rings (SSSR count). The third-order valence-corrected chi connectivity index (χ3v) is 3.58. The van der Waals surface area contributed by atoms with Gasteiger partial charge in [-0.15, -0.1) is 0 Å². The van der Waals surface area contributed by atoms with Crippen LogP contribution in [-0.2, 0) is 4.79 Å². The average Bonchev–Trinajstić information content (AvgIpc) is 3.07. The summed E-state index contributed by atoms with van der Waals surface area (Å²) in [6.07, 6.45) is 1.37. The number of nitrogens with one attached hydrogen (secondary N) is 2. The Hall–Kier alpha value is -2.31. The Morgan fingerprint density at radius 2 is 2.00 bits per heavy atom. The van der Waals surface area contributed by atoms with Crippen LogP contribution in [0.25, 0.3) is 0 Å². The Balaban J connectivity index is 1.87. The van der Waals surface area contributed by atoms with Gasteiger partial charge < -0.3 is 9.73 Å². The van der Waals surface area contributed by atoms with Crippen LogP contribution in [0, 0.1) is 0 Å². The minimum atomic E-state index is -0.477. The van der Waals surface area contributed by atoms with Crippen molar-refractivity contribution in [1.29, 1.82) is 0 Å². The zero-order valence-electron chi connectivity index (χ0n) is 12.1. The van der Waals surface area contributed by atoms with Gasteiger partial charge in [0.2, 0.25) is 0 Å². The van der Waals surface area contributed by atoms with Crippen LogP contribution in [0.1, 0.15) is 23.0 Å². The smallest absolute Gasteiger partial charge is 0.287 e. The van der Waals surface area contributed by atoms with Gasteiger partial charge in [0, 0.05) is 0 Å². The van der Waals surface area contributed by atoms with Gasteiger partial charge in [-0.05, 0) is 36.8 Å². The van der Waals surface area contributed by atoms with Crippen LogP contribution in [0.4, 0.5) is 0 Å². The van der Waals surface area contributed by atoms with E-state index in [0.717, 1.165) is 5.56 Å². The normalized spacial score (nSPS) is 11.2. The van der Waals surface area contributed by atoms with Gasteiger partial charge in [0.05, 0.1) is 28.6 Å². The number of amides is 2. The Morgan fingerprint density at radius 1 is 1.22 bits per heavy atom. The number of benzene rings is 1. The van der Waals surface area contributed by atoms with Gasteiger partial charge >= 0.3 is 0 Å². The molecular formula is C15H13Cl2N3O3. The molecule has 0 aliphatic heterocycles. The lowest BCUT2D eigenvalue weighted by atomic mass is 10.1. The van der Waals surface area contributed by atoms with Crippen molar-refractivity contribution in [2.75, 3.05) is 6.54 Å². The molecule has 0 fully saturated rings. The first-order valence-corrected chi connectivity index (χ1v) is 7.33. The first kappa shape index (κ1) is 17.1. The lowest BCUT2D eigenvalue weighted by Crippen LogP contribution is -2.35. The summed E-state index contributed by atoms with van der Waals surface area (Å²) in [6, 6.07) is 8.11. The molecule has 0 spiro atoms. The van der Waals surface area contributed by atoms with Crippen molar-refractivity contribution >= 4 is 40.7 Å². The standard InChI is InChI=1S/C15H13Cl2N3O3/c1-9(10-4-5-11(16)12(17)7-10)19-20-14(21)8-18-15(22)13-3-2-6-23-13/h2-7H,8H2,1H3,(H,18,22)(H,20,21). The molecule has 2 N–H and O–H groups in total. The Bertz CT molecular complexity index is 742. The van der Waals surface area contributed by atoms with E-state index < -0.39 is 11.8 Å². The van der Waals surface area contributed by atoms with Gasteiger partial charge in [0.25, 0.3) is 11.8 Å². The third-order valence-electron chi connectivity index (χ3n) is 2.84. The van der Waals surface area contributed by atoms with Crippen LogP contribution in [0.2, 0.25) is 10.0 Å². The minimum Gasteiger partial charge on any atom is -0.459 e. The maximum Gasteiger partial charge on any atom is 0.287 e. The molecule has 1 heterocycles. The maximum absolute atomic E-state index is 11.7. The van der Waals surface area contributed by atoms with E-state index in [1.807, 2.05) is 0 Å². The quantitative estimate of drug-likeness (QED) is 0.640. The van der Waals surface area contributed by atoms with E-state index in [9.17, 15) is 9.59 Å². The summed E-state index contributed by atoms with van der Waals surface area (Å²) < 4.78 is 4.91. The minimum absolute atomic E-state index is 0.133. The monoisotopic (exact) mass is 353 g/mol. The van der Waals surface area contributed by atoms with Gasteiger partial charge in [-0.2, -0.15) is 5.10 Å². The molecule has 0 atom stereocenters. The molecule has 120 valence electrons. The average molecular weight is 354 g/mol. The van der Waals surface area contributed by atoms with E-state index in [-0.39, 0.29) is 12.3 Å². The Kier molecular flexibility index (Phi) is 5.78. The lowest BCUT2D eigenvalue weighted by Gasteiger charge is -2.05. The summed E-state index contributed by atoms with van der Waals surface area (Å²) in [4.78, 5) is 23.3. The summed E-state index contributed by atoms with van der Waals surface area (Å²) in [5.74, 6) is -0.812. The van der Waals surface area contributed by atoms with E-state index >= 15 is 0 Å². The molecule has 23 heavy (non-hydrogen) atoms. The predicted octanol–water partition coefficient (Wildman–Crippen LogP) is 2.86. The number of carbonyl (C=O) groups is 2. The largest absolute Gasteiger partial charge is 0.459 e. The highest BCUT2D eigenvalue weighted by Crippen LogP contribution is 2.22. The fraction of sp³-hybridized carbons (Fsp3) is 0.133. The van der Waals surface area contributed by atoms with E-state index in [4.69, 9.17) is 27.6 Å². The molecule has 1 aromatic heterocycles. The molecule has 0 unspecified atom stereocenters. The number of hydrogen-bond acceptors (Lipinski definition) is 4. The number of hydrazone groups is 1. The SMILES string of the molecule is CC(=NNC(=O)CNC(=O)c1ccco1)c1ccc(Cl)c(Cl)c1. The lowest BCUT2D eigenvalue weighted by molar-refractivity contribution is -0.120. The molecule has 0 saturated carbocycles. The summed E-state index contributed by atoms with van der Waals surface area (Å²) in [5, 5.41) is 7.20. The van der Waals surface area contributed by atoms with Crippen LogP contribution in [0.3, 0.4) is 0 Å². The van der Waals surface area contributed by atoms with E-state index in [0.29, 0.717) is 15.8 Å². The van der Waals surface area contributed by atoms with E-state index in [1.54, 1.807) is 31.2 Å². The fourth-order valence-electron chi connectivity index (χ4n) is 1.63. The molecule has 2 amide bonds. The summed E-state index contributed by atoms with van der Waals surface area (Å²) >= 11 is 11.8. The maximum atomic E-state index is 11.7. The van der Waals surface area contributed by atoms with E-state index in [1.165, 1.54) is 12.3 Å². The number of hydrogen-bond donors (Lipinski definition) is 2. The number of carbonyl (C=O) groups excluding carboxylic acids is 2. The molecule has 8 heteroatoms.